The van der Waals surface area contributed by atoms with Crippen molar-refractivity contribution < 1.29 is 9.47 Å². The predicted molar refractivity (Wildman–Crippen MR) is 78.2 cm³/mol. The monoisotopic (exact) mass is 315 g/mol. The second-order valence-corrected chi connectivity index (χ2v) is 5.14. The van der Waals surface area contributed by atoms with Crippen molar-refractivity contribution in [2.24, 2.45) is 0 Å². The average molecular weight is 316 g/mol. The first kappa shape index (κ1) is 15.5. The zero-order valence-electron chi connectivity index (χ0n) is 11.5. The minimum atomic E-state index is 0.235. The van der Waals surface area contributed by atoms with Gasteiger partial charge in [-0.15, -0.1) is 0 Å². The van der Waals surface area contributed by atoms with Gasteiger partial charge in [0.1, 0.15) is 5.75 Å². The second-order valence-electron chi connectivity index (χ2n) is 4.29. The quantitative estimate of drug-likeness (QED) is 0.835. The third-order valence-corrected chi connectivity index (χ3v) is 3.46. The van der Waals surface area contributed by atoms with E-state index in [2.05, 4.69) is 47.2 Å². The molecule has 1 aromatic carbocycles. The van der Waals surface area contributed by atoms with Gasteiger partial charge in [0.15, 0.2) is 0 Å². The van der Waals surface area contributed by atoms with Crippen LogP contribution in [0.5, 0.6) is 5.75 Å². The lowest BCUT2D eigenvalue weighted by Crippen LogP contribution is -2.29. The fourth-order valence-electron chi connectivity index (χ4n) is 1.76. The first-order valence-corrected chi connectivity index (χ1v) is 7.06. The SMILES string of the molecule is CCOC(C)CNC(C)c1ccc(OC)c(Br)c1. The molecular weight excluding hydrogens is 294 g/mol. The van der Waals surface area contributed by atoms with Crippen molar-refractivity contribution in [3.05, 3.63) is 28.2 Å². The maximum atomic E-state index is 5.50. The minimum absolute atomic E-state index is 0.235. The van der Waals surface area contributed by atoms with Gasteiger partial charge in [-0.3, -0.25) is 0 Å². The van der Waals surface area contributed by atoms with E-state index in [1.54, 1.807) is 7.11 Å². The Morgan fingerprint density at radius 1 is 1.33 bits per heavy atom. The molecule has 1 N–H and O–H groups in total. The molecule has 0 saturated carbocycles. The number of benzene rings is 1. The highest BCUT2D eigenvalue weighted by molar-refractivity contribution is 9.10. The maximum absolute atomic E-state index is 5.50. The van der Waals surface area contributed by atoms with E-state index in [-0.39, 0.29) is 12.1 Å². The van der Waals surface area contributed by atoms with E-state index >= 15 is 0 Å². The molecule has 0 aliphatic rings. The molecule has 0 saturated heterocycles. The highest BCUT2D eigenvalue weighted by Crippen LogP contribution is 2.27. The number of rotatable bonds is 7. The van der Waals surface area contributed by atoms with Crippen LogP contribution in [0.15, 0.2) is 22.7 Å². The van der Waals surface area contributed by atoms with Crippen LogP contribution in [0.3, 0.4) is 0 Å². The van der Waals surface area contributed by atoms with E-state index < -0.39 is 0 Å². The van der Waals surface area contributed by atoms with E-state index in [4.69, 9.17) is 9.47 Å². The van der Waals surface area contributed by atoms with Gasteiger partial charge in [0.25, 0.3) is 0 Å². The van der Waals surface area contributed by atoms with Crippen LogP contribution in [0.1, 0.15) is 32.4 Å². The van der Waals surface area contributed by atoms with Gasteiger partial charge in [0.05, 0.1) is 17.7 Å². The first-order valence-electron chi connectivity index (χ1n) is 6.26. The molecule has 18 heavy (non-hydrogen) atoms. The Bertz CT molecular complexity index is 371. The number of halogens is 1. The standard InChI is InChI=1S/C14H22BrNO2/c1-5-18-10(2)9-16-11(3)12-6-7-14(17-4)13(15)8-12/h6-8,10-11,16H,5,9H2,1-4H3. The number of ether oxygens (including phenoxy) is 2. The molecule has 0 fully saturated rings. The molecule has 2 atom stereocenters. The largest absolute Gasteiger partial charge is 0.496 e. The summed E-state index contributed by atoms with van der Waals surface area (Å²) in [5.74, 6) is 0.855. The second kappa shape index (κ2) is 7.77. The van der Waals surface area contributed by atoms with Crippen molar-refractivity contribution in [2.45, 2.75) is 32.9 Å². The Hall–Kier alpha value is -0.580. The normalized spacial score (nSPS) is 14.3. The summed E-state index contributed by atoms with van der Waals surface area (Å²) >= 11 is 3.50. The molecule has 1 aromatic rings. The summed E-state index contributed by atoms with van der Waals surface area (Å²) in [6, 6.07) is 6.42. The lowest BCUT2D eigenvalue weighted by atomic mass is 10.1. The van der Waals surface area contributed by atoms with Gasteiger partial charge in [-0.2, -0.15) is 0 Å². The number of hydrogen-bond donors (Lipinski definition) is 1. The van der Waals surface area contributed by atoms with Crippen molar-refractivity contribution in [3.8, 4) is 5.75 Å². The van der Waals surface area contributed by atoms with Gasteiger partial charge in [-0.25, -0.2) is 0 Å². The van der Waals surface area contributed by atoms with E-state index in [1.165, 1.54) is 5.56 Å². The first-order chi connectivity index (χ1) is 8.58. The van der Waals surface area contributed by atoms with E-state index in [0.717, 1.165) is 23.4 Å². The zero-order valence-corrected chi connectivity index (χ0v) is 13.1. The van der Waals surface area contributed by atoms with Crippen LogP contribution in [0.25, 0.3) is 0 Å². The summed E-state index contributed by atoms with van der Waals surface area (Å²) in [6.07, 6.45) is 0.235. The van der Waals surface area contributed by atoms with Crippen LogP contribution >= 0.6 is 15.9 Å². The predicted octanol–water partition coefficient (Wildman–Crippen LogP) is 3.53. The van der Waals surface area contributed by atoms with Crippen molar-refractivity contribution in [3.63, 3.8) is 0 Å². The van der Waals surface area contributed by atoms with Crippen LogP contribution in [0.2, 0.25) is 0 Å². The van der Waals surface area contributed by atoms with E-state index in [9.17, 15) is 0 Å². The molecular formula is C14H22BrNO2. The summed E-state index contributed by atoms with van der Waals surface area (Å²) < 4.78 is 11.7. The van der Waals surface area contributed by atoms with Crippen LogP contribution in [-0.2, 0) is 4.74 Å². The molecule has 0 aliphatic heterocycles. The molecule has 0 radical (unpaired) electrons. The topological polar surface area (TPSA) is 30.5 Å². The molecule has 0 aliphatic carbocycles. The maximum Gasteiger partial charge on any atom is 0.133 e. The molecule has 2 unspecified atom stereocenters. The molecule has 102 valence electrons. The van der Waals surface area contributed by atoms with Crippen molar-refractivity contribution in [1.29, 1.82) is 0 Å². The third-order valence-electron chi connectivity index (χ3n) is 2.84. The molecule has 0 amide bonds. The Morgan fingerprint density at radius 3 is 2.61 bits per heavy atom. The number of methoxy groups -OCH3 is 1. The fraction of sp³-hybridized carbons (Fsp3) is 0.571. The molecule has 3 nitrogen and oxygen atoms in total. The third kappa shape index (κ3) is 4.59. The molecule has 0 aromatic heterocycles. The van der Waals surface area contributed by atoms with E-state index in [1.807, 2.05) is 13.0 Å². The molecule has 0 bridgehead atoms. The van der Waals surface area contributed by atoms with Gasteiger partial charge in [0.2, 0.25) is 0 Å². The summed E-state index contributed by atoms with van der Waals surface area (Å²) in [5, 5.41) is 3.46. The lowest BCUT2D eigenvalue weighted by Gasteiger charge is -2.18. The van der Waals surface area contributed by atoms with Crippen LogP contribution in [0.4, 0.5) is 0 Å². The number of nitrogens with one attached hydrogen (secondary N) is 1. The smallest absolute Gasteiger partial charge is 0.133 e. The van der Waals surface area contributed by atoms with Crippen LogP contribution in [0, 0.1) is 0 Å². The van der Waals surface area contributed by atoms with Gasteiger partial charge in [-0.05, 0) is 54.4 Å². The highest BCUT2D eigenvalue weighted by Gasteiger charge is 2.09. The lowest BCUT2D eigenvalue weighted by molar-refractivity contribution is 0.0743. The van der Waals surface area contributed by atoms with Gasteiger partial charge in [-0.1, -0.05) is 6.07 Å². The highest BCUT2D eigenvalue weighted by atomic mass is 79.9. The van der Waals surface area contributed by atoms with Gasteiger partial charge in [0, 0.05) is 19.2 Å². The molecule has 0 spiro atoms. The molecule has 1 rings (SSSR count). The number of hydrogen-bond acceptors (Lipinski definition) is 3. The Kier molecular flexibility index (Phi) is 6.68. The average Bonchev–Trinajstić information content (AvgIpc) is 2.36. The van der Waals surface area contributed by atoms with Gasteiger partial charge >= 0.3 is 0 Å². The summed E-state index contributed by atoms with van der Waals surface area (Å²) in [5.41, 5.74) is 1.23. The Labute approximate surface area is 118 Å². The molecule has 4 heteroatoms. The zero-order chi connectivity index (χ0) is 13.5. The summed E-state index contributed by atoms with van der Waals surface area (Å²) in [4.78, 5) is 0. The van der Waals surface area contributed by atoms with Crippen molar-refractivity contribution in [2.75, 3.05) is 20.3 Å². The van der Waals surface area contributed by atoms with Crippen LogP contribution in [-0.4, -0.2) is 26.4 Å². The Morgan fingerprint density at radius 2 is 2.06 bits per heavy atom. The van der Waals surface area contributed by atoms with Crippen molar-refractivity contribution in [1.82, 2.24) is 5.32 Å². The summed E-state index contributed by atoms with van der Waals surface area (Å²) in [6.45, 7) is 7.84. The van der Waals surface area contributed by atoms with E-state index in [0.29, 0.717) is 0 Å². The van der Waals surface area contributed by atoms with Gasteiger partial charge < -0.3 is 14.8 Å². The Balaban J connectivity index is 2.56. The van der Waals surface area contributed by atoms with Crippen LogP contribution < -0.4 is 10.1 Å². The minimum Gasteiger partial charge on any atom is -0.496 e. The summed E-state index contributed by atoms with van der Waals surface area (Å²) in [7, 11) is 1.67. The fourth-order valence-corrected chi connectivity index (χ4v) is 2.31. The molecule has 0 heterocycles. The van der Waals surface area contributed by atoms with Crippen molar-refractivity contribution >= 4 is 15.9 Å².